The van der Waals surface area contributed by atoms with Crippen molar-refractivity contribution in [1.82, 2.24) is 0 Å². The first-order valence-electron chi connectivity index (χ1n) is 5.45. The number of halogens is 1. The summed E-state index contributed by atoms with van der Waals surface area (Å²) in [7, 11) is 1.50. The second-order valence-corrected chi connectivity index (χ2v) is 3.88. The van der Waals surface area contributed by atoms with Gasteiger partial charge < -0.3 is 5.73 Å². The molecule has 1 rings (SSSR count). The lowest BCUT2D eigenvalue weighted by Gasteiger charge is -2.22. The van der Waals surface area contributed by atoms with Crippen LogP contribution in [0.5, 0.6) is 0 Å². The first kappa shape index (κ1) is 15.1. The van der Waals surface area contributed by atoms with Crippen molar-refractivity contribution in [2.24, 2.45) is 11.7 Å². The summed E-state index contributed by atoms with van der Waals surface area (Å²) < 4.78 is 0. The Morgan fingerprint density at radius 2 is 2.00 bits per heavy atom. The van der Waals surface area contributed by atoms with Crippen LogP contribution in [0, 0.1) is 5.92 Å². The van der Waals surface area contributed by atoms with Crippen molar-refractivity contribution in [3.63, 3.8) is 0 Å². The molecule has 0 aromatic rings. The van der Waals surface area contributed by atoms with E-state index < -0.39 is 0 Å². The highest BCUT2D eigenvalue weighted by Gasteiger charge is 2.25. The number of rotatable bonds is 3. The second kappa shape index (κ2) is 8.31. The van der Waals surface area contributed by atoms with E-state index in [2.05, 4.69) is 18.9 Å². The van der Waals surface area contributed by atoms with Crippen molar-refractivity contribution in [3.8, 4) is 0 Å². The number of carbonyl (C=O) groups is 1. The average Bonchev–Trinajstić information content (AvgIpc) is 2.34. The maximum atomic E-state index is 11.6. The van der Waals surface area contributed by atoms with E-state index in [0.29, 0.717) is 11.5 Å². The minimum atomic E-state index is -0.0493. The predicted molar refractivity (Wildman–Crippen MR) is 70.3 cm³/mol. The summed E-state index contributed by atoms with van der Waals surface area (Å²) in [6, 6.07) is 0. The highest BCUT2D eigenvalue weighted by Crippen LogP contribution is 2.30. The SMILES string of the molecule is C=C/C(Cl)=C(\C=C)C1CCCCC1=O.CN. The summed E-state index contributed by atoms with van der Waals surface area (Å²) in [4.78, 5) is 11.6. The Labute approximate surface area is 103 Å². The Hall–Kier alpha value is -0.860. The maximum absolute atomic E-state index is 11.6. The Balaban J connectivity index is 0.00000106. The number of hydrogen-bond donors (Lipinski definition) is 1. The van der Waals surface area contributed by atoms with Crippen LogP contribution in [0.15, 0.2) is 35.9 Å². The van der Waals surface area contributed by atoms with Crippen LogP contribution >= 0.6 is 11.6 Å². The van der Waals surface area contributed by atoms with Crippen molar-refractivity contribution in [2.75, 3.05) is 7.05 Å². The van der Waals surface area contributed by atoms with E-state index >= 15 is 0 Å². The molecule has 0 saturated heterocycles. The number of nitrogens with two attached hydrogens (primary N) is 1. The molecular weight excluding hydrogens is 222 g/mol. The Bertz CT molecular complexity index is 294. The standard InChI is InChI=1S/C12H15ClO.CH5N/c1-3-9(11(13)4-2)10-7-5-6-8-12(10)14;1-2/h3-4,10H,1-2,5-8H2;2H2,1H3/b11-9-;. The molecule has 0 aliphatic heterocycles. The third-order valence-corrected chi connectivity index (χ3v) is 2.98. The van der Waals surface area contributed by atoms with Crippen LogP contribution in [0.1, 0.15) is 25.7 Å². The molecule has 2 nitrogen and oxygen atoms in total. The van der Waals surface area contributed by atoms with Crippen LogP contribution in [-0.2, 0) is 4.79 Å². The first-order chi connectivity index (χ1) is 7.70. The largest absolute Gasteiger partial charge is 0.333 e. The summed E-state index contributed by atoms with van der Waals surface area (Å²) in [6.07, 6.45) is 6.91. The molecule has 0 radical (unpaired) electrons. The molecule has 1 atom stereocenters. The highest BCUT2D eigenvalue weighted by molar-refractivity contribution is 6.31. The van der Waals surface area contributed by atoms with Crippen LogP contribution in [0.25, 0.3) is 0 Å². The van der Waals surface area contributed by atoms with Crippen LogP contribution in [-0.4, -0.2) is 12.8 Å². The van der Waals surface area contributed by atoms with Gasteiger partial charge in [0.05, 0.1) is 0 Å². The number of hydrogen-bond acceptors (Lipinski definition) is 2. The van der Waals surface area contributed by atoms with Crippen LogP contribution in [0.4, 0.5) is 0 Å². The smallest absolute Gasteiger partial charge is 0.140 e. The fourth-order valence-electron chi connectivity index (χ4n) is 1.84. The zero-order valence-electron chi connectivity index (χ0n) is 9.84. The number of ketones is 1. The molecule has 90 valence electrons. The molecule has 0 heterocycles. The molecule has 1 fully saturated rings. The summed E-state index contributed by atoms with van der Waals surface area (Å²) in [5.74, 6) is 0.234. The van der Waals surface area contributed by atoms with Gasteiger partial charge in [-0.3, -0.25) is 4.79 Å². The summed E-state index contributed by atoms with van der Waals surface area (Å²) in [5.41, 5.74) is 5.34. The third-order valence-electron chi connectivity index (χ3n) is 2.60. The van der Waals surface area contributed by atoms with Gasteiger partial charge in [0.1, 0.15) is 5.78 Å². The van der Waals surface area contributed by atoms with Gasteiger partial charge in [0.15, 0.2) is 0 Å². The van der Waals surface area contributed by atoms with Crippen molar-refractivity contribution < 1.29 is 4.79 Å². The van der Waals surface area contributed by atoms with Gasteiger partial charge in [-0.25, -0.2) is 0 Å². The number of allylic oxidation sites excluding steroid dienone is 4. The third kappa shape index (κ3) is 3.95. The van der Waals surface area contributed by atoms with E-state index in [4.69, 9.17) is 11.6 Å². The lowest BCUT2D eigenvalue weighted by atomic mass is 9.82. The van der Waals surface area contributed by atoms with Gasteiger partial charge in [0, 0.05) is 17.4 Å². The van der Waals surface area contributed by atoms with Crippen LogP contribution in [0.2, 0.25) is 0 Å². The van der Waals surface area contributed by atoms with Gasteiger partial charge in [0.2, 0.25) is 0 Å². The normalized spacial score (nSPS) is 21.4. The zero-order chi connectivity index (χ0) is 12.6. The maximum Gasteiger partial charge on any atom is 0.140 e. The molecule has 0 aromatic carbocycles. The quantitative estimate of drug-likeness (QED) is 0.772. The monoisotopic (exact) mass is 241 g/mol. The molecule has 1 unspecified atom stereocenters. The number of Topliss-reactive ketones (excluding diaryl/α,β-unsaturated/α-hetero) is 1. The summed E-state index contributed by atoms with van der Waals surface area (Å²) in [5, 5.41) is 0.556. The van der Waals surface area contributed by atoms with E-state index in [1.165, 1.54) is 7.05 Å². The van der Waals surface area contributed by atoms with Crippen molar-refractivity contribution >= 4 is 17.4 Å². The van der Waals surface area contributed by atoms with Gasteiger partial charge in [-0.1, -0.05) is 43.3 Å². The van der Waals surface area contributed by atoms with E-state index in [1.54, 1.807) is 12.2 Å². The van der Waals surface area contributed by atoms with Gasteiger partial charge in [-0.05, 0) is 25.5 Å². The van der Waals surface area contributed by atoms with Crippen molar-refractivity contribution in [2.45, 2.75) is 25.7 Å². The lowest BCUT2D eigenvalue weighted by Crippen LogP contribution is -2.20. The molecule has 0 bridgehead atoms. The Kier molecular flexibility index (Phi) is 7.86. The summed E-state index contributed by atoms with van der Waals surface area (Å²) >= 11 is 5.97. The minimum Gasteiger partial charge on any atom is -0.333 e. The van der Waals surface area contributed by atoms with E-state index in [1.807, 2.05) is 0 Å². The Morgan fingerprint density at radius 1 is 1.38 bits per heavy atom. The molecule has 1 aliphatic carbocycles. The molecule has 1 saturated carbocycles. The molecule has 0 aromatic heterocycles. The predicted octanol–water partition coefficient (Wildman–Crippen LogP) is 3.19. The molecule has 2 N–H and O–H groups in total. The molecule has 1 aliphatic rings. The average molecular weight is 242 g/mol. The van der Waals surface area contributed by atoms with Crippen molar-refractivity contribution in [1.29, 1.82) is 0 Å². The molecule has 0 amide bonds. The first-order valence-corrected chi connectivity index (χ1v) is 5.83. The number of carbonyl (C=O) groups excluding carboxylic acids is 1. The van der Waals surface area contributed by atoms with Crippen molar-refractivity contribution in [3.05, 3.63) is 35.9 Å². The molecular formula is C13H20ClNO. The van der Waals surface area contributed by atoms with Crippen LogP contribution < -0.4 is 5.73 Å². The summed E-state index contributed by atoms with van der Waals surface area (Å²) in [6.45, 7) is 7.30. The lowest BCUT2D eigenvalue weighted by molar-refractivity contribution is -0.123. The fourth-order valence-corrected chi connectivity index (χ4v) is 2.04. The van der Waals surface area contributed by atoms with Gasteiger partial charge in [-0.15, -0.1) is 0 Å². The minimum absolute atomic E-state index is 0.0493. The fraction of sp³-hybridized carbons (Fsp3) is 0.462. The molecule has 0 spiro atoms. The topological polar surface area (TPSA) is 43.1 Å². The molecule has 3 heteroatoms. The second-order valence-electron chi connectivity index (χ2n) is 3.48. The van der Waals surface area contributed by atoms with E-state index in [-0.39, 0.29) is 11.7 Å². The Morgan fingerprint density at radius 3 is 2.44 bits per heavy atom. The highest BCUT2D eigenvalue weighted by atomic mass is 35.5. The van der Waals surface area contributed by atoms with E-state index in [9.17, 15) is 4.79 Å². The zero-order valence-corrected chi connectivity index (χ0v) is 10.6. The van der Waals surface area contributed by atoms with Gasteiger partial charge in [-0.2, -0.15) is 0 Å². The van der Waals surface area contributed by atoms with Gasteiger partial charge >= 0.3 is 0 Å². The van der Waals surface area contributed by atoms with Crippen LogP contribution in [0.3, 0.4) is 0 Å². The molecule has 16 heavy (non-hydrogen) atoms. The van der Waals surface area contributed by atoms with Gasteiger partial charge in [0.25, 0.3) is 0 Å². The van der Waals surface area contributed by atoms with E-state index in [0.717, 1.165) is 24.8 Å².